The van der Waals surface area contributed by atoms with E-state index in [9.17, 15) is 64.8 Å². The van der Waals surface area contributed by atoms with Gasteiger partial charge in [0.25, 0.3) is 0 Å². The molecule has 9 aromatic heterocycles. The highest BCUT2D eigenvalue weighted by Crippen LogP contribution is 2.42. The molecule has 0 fully saturated rings. The van der Waals surface area contributed by atoms with Gasteiger partial charge in [-0.2, -0.15) is 39.5 Å². The second kappa shape index (κ2) is 38.3. The Labute approximate surface area is 665 Å². The minimum Gasteiger partial charge on any atom is -0.384 e. The van der Waals surface area contributed by atoms with Crippen molar-refractivity contribution in [2.24, 2.45) is 0 Å². The Hall–Kier alpha value is -12.2. The van der Waals surface area contributed by atoms with E-state index >= 15 is 0 Å². The number of nitrogen functional groups attached to an aromatic ring is 1. The maximum Gasteiger partial charge on any atom is 0.419 e. The van der Waals surface area contributed by atoms with Gasteiger partial charge in [0.2, 0.25) is 30.1 Å². The second-order valence-corrected chi connectivity index (χ2v) is 30.6. The van der Waals surface area contributed by atoms with Crippen molar-refractivity contribution in [1.82, 2.24) is 88.9 Å². The van der Waals surface area contributed by atoms with Gasteiger partial charge < -0.3 is 32.3 Å². The van der Waals surface area contributed by atoms with E-state index < -0.39 is 88.7 Å². The molecule has 0 saturated carbocycles. The Morgan fingerprint density at radius 1 is 0.353 bits per heavy atom. The first-order chi connectivity index (χ1) is 54.1. The molecule has 0 bridgehead atoms. The van der Waals surface area contributed by atoms with Crippen LogP contribution >= 0.6 is 11.6 Å². The Kier molecular flexibility index (Phi) is 29.5. The average molecular weight is 1690 g/mol. The number of halogens is 10. The summed E-state index contributed by atoms with van der Waals surface area (Å²) in [5.74, 6) is 2.52. The van der Waals surface area contributed by atoms with E-state index in [1.165, 1.54) is 91.8 Å². The highest BCUT2D eigenvalue weighted by Gasteiger charge is 2.38. The summed E-state index contributed by atoms with van der Waals surface area (Å²) in [6.45, 7) is 15.0. The minimum atomic E-state index is -4.76. The number of para-hydroxylation sites is 3. The molecule has 0 saturated heterocycles. The molecule has 0 aliphatic rings. The lowest BCUT2D eigenvalue weighted by atomic mass is 10.2. The van der Waals surface area contributed by atoms with Crippen molar-refractivity contribution < 1.29 is 64.8 Å². The van der Waals surface area contributed by atoms with E-state index in [1.807, 2.05) is 0 Å². The highest BCUT2D eigenvalue weighted by atomic mass is 35.5. The number of alkyl halides is 9. The average Bonchev–Trinajstić information content (AvgIpc) is 0.796. The lowest BCUT2D eigenvalue weighted by Gasteiger charge is -2.18. The largest absolute Gasteiger partial charge is 0.419 e. The van der Waals surface area contributed by atoms with Gasteiger partial charge in [-0.05, 0) is 105 Å². The fraction of sp³-hybridized carbons (Fsp3) is 0.219. The molecular formula is C73H74ClF9N24O6S3. The number of pyridine rings is 3. The van der Waals surface area contributed by atoms with Crippen molar-refractivity contribution in [1.29, 1.82) is 0 Å². The van der Waals surface area contributed by atoms with Crippen LogP contribution in [-0.4, -0.2) is 118 Å². The fourth-order valence-electron chi connectivity index (χ4n) is 10.3. The van der Waals surface area contributed by atoms with Gasteiger partial charge in [0.1, 0.15) is 85.4 Å². The molecule has 12 rings (SSSR count). The lowest BCUT2D eigenvalue weighted by Crippen LogP contribution is -2.30. The summed E-state index contributed by atoms with van der Waals surface area (Å²) in [7, 11) is -11.9. The first kappa shape index (κ1) is 89.3. The highest BCUT2D eigenvalue weighted by molar-refractivity contribution is 7.90. The molecule has 3 aromatic carbocycles. The number of nitrogens with two attached hydrogens (primary N) is 1. The van der Waals surface area contributed by atoms with Crippen molar-refractivity contribution in [2.75, 3.05) is 32.3 Å². The Balaban J connectivity index is 0.000000203. The van der Waals surface area contributed by atoms with Crippen LogP contribution in [0.2, 0.25) is 5.15 Å². The summed E-state index contributed by atoms with van der Waals surface area (Å²) in [6.07, 6.45) is 1.58. The maximum atomic E-state index is 13.8. The van der Waals surface area contributed by atoms with E-state index in [2.05, 4.69) is 116 Å². The molecule has 610 valence electrons. The summed E-state index contributed by atoms with van der Waals surface area (Å²) < 4.78 is 206. The number of hydrogen-bond acceptors (Lipinski definition) is 27. The van der Waals surface area contributed by atoms with Gasteiger partial charge in [-0.15, -0.1) is 0 Å². The van der Waals surface area contributed by atoms with Crippen molar-refractivity contribution in [2.45, 2.75) is 121 Å². The maximum absolute atomic E-state index is 13.8. The Morgan fingerprint density at radius 3 is 0.940 bits per heavy atom. The molecule has 0 radical (unpaired) electrons. The van der Waals surface area contributed by atoms with Crippen LogP contribution in [0.3, 0.4) is 0 Å². The molecule has 30 nitrogen and oxygen atoms in total. The number of rotatable bonds is 22. The fourth-order valence-corrected chi connectivity index (χ4v) is 14.7. The summed E-state index contributed by atoms with van der Waals surface area (Å²) >= 11 is 5.68. The van der Waals surface area contributed by atoms with Crippen LogP contribution in [0, 0.1) is 20.8 Å². The van der Waals surface area contributed by atoms with Crippen molar-refractivity contribution in [3.8, 4) is 33.8 Å². The monoisotopic (exact) mass is 1680 g/mol. The van der Waals surface area contributed by atoms with E-state index in [-0.39, 0.29) is 79.3 Å². The van der Waals surface area contributed by atoms with Crippen molar-refractivity contribution >= 4 is 105 Å². The van der Waals surface area contributed by atoms with Gasteiger partial charge in [0, 0.05) is 121 Å². The molecule has 0 amide bonds. The third-order valence-corrected chi connectivity index (χ3v) is 20.1. The number of aromatic nitrogens is 15. The molecule has 0 spiro atoms. The van der Waals surface area contributed by atoms with Crippen LogP contribution in [0.5, 0.6) is 0 Å². The lowest BCUT2D eigenvalue weighted by molar-refractivity contribution is -0.138. The number of nitrogens with one attached hydrogen (secondary N) is 8. The summed E-state index contributed by atoms with van der Waals surface area (Å²) in [4.78, 5) is 59.8. The summed E-state index contributed by atoms with van der Waals surface area (Å²) in [5.41, 5.74) is 4.96. The molecule has 0 atom stereocenters. The molecule has 0 aliphatic heterocycles. The zero-order valence-corrected chi connectivity index (χ0v) is 65.0. The van der Waals surface area contributed by atoms with E-state index in [1.54, 1.807) is 118 Å². The quantitative estimate of drug-likeness (QED) is 0.0225. The Bertz CT molecular complexity index is 5490. The zero-order chi connectivity index (χ0) is 83.8. The molecular weight excluding hydrogens is 1610 g/mol. The van der Waals surface area contributed by atoms with Crippen LogP contribution in [0.25, 0.3) is 33.8 Å². The van der Waals surface area contributed by atoms with Crippen LogP contribution in [0.15, 0.2) is 199 Å². The minimum absolute atomic E-state index is 0. The summed E-state index contributed by atoms with van der Waals surface area (Å²) in [5, 5.41) is 13.4. The SMILES string of the molecule is C.CC(C)NS(=O)(=O)c1ccccc1Nc1cc(Cl)ncc1C(F)(F)F.Cc1nc(N)cc(-c2cncnc2)n1.Cc1nc(Nc2cc(Nc3ccccc3S(=O)(=O)NC(C)C)c(C(F)(F)F)cn2)cc(-c2cncnc2)n1.Cc1nc(Nc2cc(Nc3ccccc3S(=O)(=O)NC(C)C)c(C(F)(F)F)cn2)cc(-c2cncnc2)n1. The number of aryl methyl sites for hydroxylation is 3. The van der Waals surface area contributed by atoms with Crippen LogP contribution in [-0.2, 0) is 48.6 Å². The number of sulfonamides is 3. The van der Waals surface area contributed by atoms with Gasteiger partial charge in [-0.1, -0.05) is 55.4 Å². The number of benzene rings is 3. The first-order valence-corrected chi connectivity index (χ1v) is 38.6. The predicted octanol–water partition coefficient (Wildman–Crippen LogP) is 15.3. The van der Waals surface area contributed by atoms with Gasteiger partial charge >= 0.3 is 18.5 Å². The van der Waals surface area contributed by atoms with Gasteiger partial charge in [0.05, 0.1) is 67.9 Å². The van der Waals surface area contributed by atoms with Crippen molar-refractivity contribution in [3.05, 3.63) is 223 Å². The molecule has 10 N–H and O–H groups in total. The van der Waals surface area contributed by atoms with Crippen LogP contribution in [0.1, 0.15) is 83.1 Å². The van der Waals surface area contributed by atoms with E-state index in [4.69, 9.17) is 17.3 Å². The second-order valence-electron chi connectivity index (χ2n) is 25.2. The Morgan fingerprint density at radius 2 is 0.638 bits per heavy atom. The van der Waals surface area contributed by atoms with Gasteiger partial charge in [-0.25, -0.2) is 114 Å². The summed E-state index contributed by atoms with van der Waals surface area (Å²) in [6, 6.07) is 23.9. The standard InChI is InChI=1S/2C24H23F3N8O2S.C15H15ClF3N3O2S.C9H9N5.CH4/c2*1-14(2)35-38(36,37)21-7-5-4-6-18(21)33-20-9-22(30-12-17(20)24(25,26)27)34-23-8-19(31-15(3)32-23)16-10-28-13-29-11-16;1-9(2)22-25(23,24)13-6-4-3-5-11(13)21-12-7-14(16)20-8-10(12)15(17,18)19;1-6-13-8(2-9(10)14-6)7-3-11-5-12-4-7;/h2*4-14,35H,1-3H3,(H2,30,31,32,33,34);3-9,22H,1-2H3,(H,20,21);2-5H,1H3,(H2,10,13,14);1H4. The zero-order valence-electron chi connectivity index (χ0n) is 61.8. The molecule has 12 aromatic rings. The third kappa shape index (κ3) is 25.1. The van der Waals surface area contributed by atoms with Gasteiger partial charge in [0.15, 0.2) is 0 Å². The third-order valence-electron chi connectivity index (χ3n) is 14.7. The topological polar surface area (TPSA) is 418 Å². The van der Waals surface area contributed by atoms with Crippen LogP contribution in [0.4, 0.5) is 103 Å². The van der Waals surface area contributed by atoms with E-state index in [0.29, 0.717) is 64.4 Å². The number of hydrogen-bond donors (Lipinski definition) is 9. The van der Waals surface area contributed by atoms with Crippen LogP contribution < -0.4 is 46.5 Å². The normalized spacial score (nSPS) is 11.7. The van der Waals surface area contributed by atoms with Crippen molar-refractivity contribution in [3.63, 3.8) is 0 Å². The predicted molar refractivity (Wildman–Crippen MR) is 419 cm³/mol. The smallest absolute Gasteiger partial charge is 0.384 e. The molecule has 43 heteroatoms. The number of anilines is 11. The van der Waals surface area contributed by atoms with Gasteiger partial charge in [-0.3, -0.25) is 0 Å². The molecule has 9 heterocycles. The number of nitrogens with zero attached hydrogens (tertiary/aromatic N) is 15. The molecule has 116 heavy (non-hydrogen) atoms. The van der Waals surface area contributed by atoms with E-state index in [0.717, 1.165) is 29.5 Å². The molecule has 0 unspecified atom stereocenters. The molecule has 0 aliphatic carbocycles. The first-order valence-electron chi connectivity index (χ1n) is 33.8.